The molecule has 1 atom stereocenters. The van der Waals surface area contributed by atoms with Crippen LogP contribution in [0.1, 0.15) is 12.5 Å². The molecule has 0 aliphatic carbocycles. The van der Waals surface area contributed by atoms with Crippen LogP contribution in [0.15, 0.2) is 24.3 Å². The van der Waals surface area contributed by atoms with E-state index in [2.05, 4.69) is 5.32 Å². The van der Waals surface area contributed by atoms with Gasteiger partial charge in [-0.25, -0.2) is 8.42 Å². The molecular weight excluding hydrogens is 340 g/mol. The van der Waals surface area contributed by atoms with Crippen molar-refractivity contribution in [1.29, 1.82) is 0 Å². The summed E-state index contributed by atoms with van der Waals surface area (Å²) in [6.45, 7) is 1.95. The van der Waals surface area contributed by atoms with Crippen molar-refractivity contribution in [2.75, 3.05) is 24.6 Å². The molecule has 0 spiro atoms. The predicted octanol–water partition coefficient (Wildman–Crippen LogP) is 0.644. The highest BCUT2D eigenvalue weighted by molar-refractivity contribution is 7.91. The molecule has 0 bridgehead atoms. The molecular formula is C15H19ClN2O4S. The number of sulfone groups is 1. The van der Waals surface area contributed by atoms with Crippen molar-refractivity contribution in [2.24, 2.45) is 0 Å². The van der Waals surface area contributed by atoms with Crippen LogP contribution in [0, 0.1) is 0 Å². The summed E-state index contributed by atoms with van der Waals surface area (Å²) in [6.07, 6.45) is 0.132. The predicted molar refractivity (Wildman–Crippen MR) is 88.0 cm³/mol. The summed E-state index contributed by atoms with van der Waals surface area (Å²) < 4.78 is 22.8. The van der Waals surface area contributed by atoms with Crippen LogP contribution < -0.4 is 5.32 Å². The molecule has 1 aliphatic heterocycles. The number of halogens is 1. The second-order valence-corrected chi connectivity index (χ2v) is 8.31. The molecule has 2 rings (SSSR count). The molecule has 1 aliphatic rings. The lowest BCUT2D eigenvalue weighted by molar-refractivity contribution is -0.135. The second-order valence-electron chi connectivity index (χ2n) is 5.57. The van der Waals surface area contributed by atoms with Gasteiger partial charge in [0, 0.05) is 18.1 Å². The number of nitrogens with zero attached hydrogens (tertiary/aromatic N) is 1. The maximum atomic E-state index is 12.2. The Hall–Kier alpha value is -1.60. The smallest absolute Gasteiger partial charge is 0.244 e. The molecule has 1 aromatic carbocycles. The average Bonchev–Trinajstić information content (AvgIpc) is 2.46. The van der Waals surface area contributed by atoms with E-state index in [9.17, 15) is 18.0 Å². The van der Waals surface area contributed by atoms with Crippen molar-refractivity contribution in [2.45, 2.75) is 19.4 Å². The fraction of sp³-hybridized carbons (Fsp3) is 0.467. The van der Waals surface area contributed by atoms with Gasteiger partial charge < -0.3 is 10.2 Å². The van der Waals surface area contributed by atoms with Crippen molar-refractivity contribution < 1.29 is 18.0 Å². The Kier molecular flexibility index (Phi) is 5.64. The number of hydrogen-bond donors (Lipinski definition) is 1. The number of rotatable bonds is 4. The first kappa shape index (κ1) is 17.7. The van der Waals surface area contributed by atoms with Gasteiger partial charge in [0.15, 0.2) is 9.84 Å². The second kappa shape index (κ2) is 7.31. The van der Waals surface area contributed by atoms with E-state index in [1.54, 1.807) is 31.2 Å². The lowest BCUT2D eigenvalue weighted by atomic mass is 10.1. The zero-order valence-electron chi connectivity index (χ0n) is 12.8. The Morgan fingerprint density at radius 2 is 1.96 bits per heavy atom. The largest absolute Gasteiger partial charge is 0.344 e. The van der Waals surface area contributed by atoms with Crippen LogP contribution in [0.3, 0.4) is 0 Å². The first-order valence-electron chi connectivity index (χ1n) is 7.30. The van der Waals surface area contributed by atoms with Gasteiger partial charge in [0.05, 0.1) is 17.9 Å². The summed E-state index contributed by atoms with van der Waals surface area (Å²) in [7, 11) is -3.04. The van der Waals surface area contributed by atoms with E-state index in [4.69, 9.17) is 11.6 Å². The van der Waals surface area contributed by atoms with Gasteiger partial charge in [-0.05, 0) is 24.6 Å². The molecule has 126 valence electrons. The van der Waals surface area contributed by atoms with E-state index < -0.39 is 15.9 Å². The maximum Gasteiger partial charge on any atom is 0.244 e. The van der Waals surface area contributed by atoms with E-state index in [-0.39, 0.29) is 42.8 Å². The molecule has 1 heterocycles. The van der Waals surface area contributed by atoms with Gasteiger partial charge in [-0.2, -0.15) is 0 Å². The standard InChI is InChI=1S/C15H19ClN2O4S/c1-11(15(20)18-5-7-23(21,22)8-6-18)17-14(19)10-12-3-2-4-13(16)9-12/h2-4,9,11H,5-8,10H2,1H3,(H,17,19)/t11-/m1/s1. The monoisotopic (exact) mass is 358 g/mol. The minimum Gasteiger partial charge on any atom is -0.344 e. The molecule has 6 nitrogen and oxygen atoms in total. The van der Waals surface area contributed by atoms with Crippen molar-refractivity contribution in [3.05, 3.63) is 34.9 Å². The normalized spacial score (nSPS) is 18.3. The number of nitrogens with one attached hydrogen (secondary N) is 1. The van der Waals surface area contributed by atoms with Gasteiger partial charge in [0.1, 0.15) is 6.04 Å². The quantitative estimate of drug-likeness (QED) is 0.856. The minimum atomic E-state index is -3.04. The molecule has 1 N–H and O–H groups in total. The number of hydrogen-bond acceptors (Lipinski definition) is 4. The highest BCUT2D eigenvalue weighted by Gasteiger charge is 2.28. The Morgan fingerprint density at radius 1 is 1.30 bits per heavy atom. The first-order chi connectivity index (χ1) is 10.8. The number of carbonyl (C=O) groups excluding carboxylic acids is 2. The molecule has 0 radical (unpaired) electrons. The molecule has 1 fully saturated rings. The Balaban J connectivity index is 1.87. The van der Waals surface area contributed by atoms with Crippen molar-refractivity contribution in [1.82, 2.24) is 10.2 Å². The lowest BCUT2D eigenvalue weighted by Gasteiger charge is -2.29. The third kappa shape index (κ3) is 5.21. The van der Waals surface area contributed by atoms with Crippen molar-refractivity contribution in [3.63, 3.8) is 0 Å². The molecule has 23 heavy (non-hydrogen) atoms. The summed E-state index contributed by atoms with van der Waals surface area (Å²) in [5, 5.41) is 3.19. The highest BCUT2D eigenvalue weighted by Crippen LogP contribution is 2.11. The third-order valence-electron chi connectivity index (χ3n) is 3.66. The molecule has 2 amide bonds. The van der Waals surface area contributed by atoms with Gasteiger partial charge in [0.25, 0.3) is 0 Å². The van der Waals surface area contributed by atoms with Crippen molar-refractivity contribution in [3.8, 4) is 0 Å². The van der Waals surface area contributed by atoms with Crippen molar-refractivity contribution >= 4 is 33.3 Å². The van der Waals surface area contributed by atoms with E-state index in [0.717, 1.165) is 5.56 Å². The summed E-state index contributed by atoms with van der Waals surface area (Å²) in [4.78, 5) is 25.7. The first-order valence-corrected chi connectivity index (χ1v) is 9.50. The Bertz CT molecular complexity index is 691. The topological polar surface area (TPSA) is 83.6 Å². The maximum absolute atomic E-state index is 12.2. The van der Waals surface area contributed by atoms with Crippen LogP contribution in [-0.4, -0.2) is 55.8 Å². The summed E-state index contributed by atoms with van der Waals surface area (Å²) in [5.74, 6) is -0.596. The van der Waals surface area contributed by atoms with Crippen LogP contribution in [0.4, 0.5) is 0 Å². The van der Waals surface area contributed by atoms with Crippen LogP contribution >= 0.6 is 11.6 Å². The van der Waals surface area contributed by atoms with E-state index in [1.807, 2.05) is 0 Å². The molecule has 1 saturated heterocycles. The molecule has 0 unspecified atom stereocenters. The SMILES string of the molecule is C[C@@H](NC(=O)Cc1cccc(Cl)c1)C(=O)N1CCS(=O)(=O)CC1. The van der Waals surface area contributed by atoms with Crippen LogP contribution in [0.5, 0.6) is 0 Å². The molecule has 0 aromatic heterocycles. The van der Waals surface area contributed by atoms with Crippen LogP contribution in [0.2, 0.25) is 5.02 Å². The zero-order valence-corrected chi connectivity index (χ0v) is 14.4. The molecule has 1 aromatic rings. The lowest BCUT2D eigenvalue weighted by Crippen LogP contribution is -2.51. The fourth-order valence-corrected chi connectivity index (χ4v) is 3.81. The summed E-state index contributed by atoms with van der Waals surface area (Å²) in [6, 6.07) is 6.27. The van der Waals surface area contributed by atoms with Gasteiger partial charge in [0.2, 0.25) is 11.8 Å². The number of benzene rings is 1. The summed E-state index contributed by atoms with van der Waals surface area (Å²) >= 11 is 5.87. The van der Waals surface area contributed by atoms with Crippen LogP contribution in [-0.2, 0) is 25.8 Å². The van der Waals surface area contributed by atoms with Gasteiger partial charge in [-0.15, -0.1) is 0 Å². The zero-order chi connectivity index (χ0) is 17.0. The number of amides is 2. The Labute approximate surface area is 140 Å². The highest BCUT2D eigenvalue weighted by atomic mass is 35.5. The van der Waals surface area contributed by atoms with E-state index in [1.165, 1.54) is 4.90 Å². The molecule has 8 heteroatoms. The van der Waals surface area contributed by atoms with E-state index in [0.29, 0.717) is 5.02 Å². The number of carbonyl (C=O) groups is 2. The van der Waals surface area contributed by atoms with Gasteiger partial charge in [-0.1, -0.05) is 23.7 Å². The minimum absolute atomic E-state index is 0.0259. The fourth-order valence-electron chi connectivity index (χ4n) is 2.39. The van der Waals surface area contributed by atoms with Crippen LogP contribution in [0.25, 0.3) is 0 Å². The van der Waals surface area contributed by atoms with Gasteiger partial charge >= 0.3 is 0 Å². The summed E-state index contributed by atoms with van der Waals surface area (Å²) in [5.41, 5.74) is 0.763. The van der Waals surface area contributed by atoms with E-state index >= 15 is 0 Å². The van der Waals surface area contributed by atoms with Gasteiger partial charge in [-0.3, -0.25) is 9.59 Å². The Morgan fingerprint density at radius 3 is 2.57 bits per heavy atom. The average molecular weight is 359 g/mol. The third-order valence-corrected chi connectivity index (χ3v) is 5.50. The molecule has 0 saturated carbocycles.